The predicted octanol–water partition coefficient (Wildman–Crippen LogP) is 2.43. The molecule has 0 spiro atoms. The molecule has 2 unspecified atom stereocenters. The summed E-state index contributed by atoms with van der Waals surface area (Å²) >= 11 is 0. The van der Waals surface area contributed by atoms with Crippen molar-refractivity contribution in [3.63, 3.8) is 0 Å². The van der Waals surface area contributed by atoms with Crippen molar-refractivity contribution in [2.75, 3.05) is 13.1 Å². The predicted molar refractivity (Wildman–Crippen MR) is 75.4 cm³/mol. The van der Waals surface area contributed by atoms with Crippen LogP contribution in [0.3, 0.4) is 0 Å². The van der Waals surface area contributed by atoms with E-state index in [4.69, 9.17) is 0 Å². The number of nitrogens with zero attached hydrogens (tertiary/aromatic N) is 2. The highest BCUT2D eigenvalue weighted by Gasteiger charge is 2.25. The fourth-order valence-electron chi connectivity index (χ4n) is 2.79. The van der Waals surface area contributed by atoms with Crippen molar-refractivity contribution in [3.8, 4) is 0 Å². The molecule has 2 heterocycles. The third-order valence-electron chi connectivity index (χ3n) is 3.83. The van der Waals surface area contributed by atoms with Crippen LogP contribution in [0.25, 0.3) is 0 Å². The molecular formula is C15H25N3. The number of pyridine rings is 1. The van der Waals surface area contributed by atoms with Crippen LogP contribution < -0.4 is 5.32 Å². The van der Waals surface area contributed by atoms with Gasteiger partial charge in [0.1, 0.15) is 0 Å². The number of hydrogen-bond donors (Lipinski definition) is 1. The Balaban J connectivity index is 1.98. The van der Waals surface area contributed by atoms with Gasteiger partial charge >= 0.3 is 0 Å². The minimum absolute atomic E-state index is 0.662. The van der Waals surface area contributed by atoms with Crippen molar-refractivity contribution in [1.29, 1.82) is 0 Å². The summed E-state index contributed by atoms with van der Waals surface area (Å²) in [5, 5.41) is 3.68. The molecule has 2 atom stereocenters. The van der Waals surface area contributed by atoms with E-state index in [1.165, 1.54) is 31.4 Å². The maximum atomic E-state index is 4.21. The number of aromatic nitrogens is 1. The molecule has 0 aliphatic carbocycles. The number of piperazine rings is 1. The molecule has 0 aromatic carbocycles. The standard InChI is InChI=1S/C15H25N3/c1-3-6-14-12-18(15(4-2)10-17-14)11-13-7-5-8-16-9-13/h5,7-9,14-15,17H,3-4,6,10-12H2,1-2H3. The van der Waals surface area contributed by atoms with Crippen molar-refractivity contribution in [1.82, 2.24) is 15.2 Å². The van der Waals surface area contributed by atoms with E-state index in [-0.39, 0.29) is 0 Å². The molecule has 100 valence electrons. The van der Waals surface area contributed by atoms with Gasteiger partial charge in [0.2, 0.25) is 0 Å². The lowest BCUT2D eigenvalue weighted by molar-refractivity contribution is 0.115. The van der Waals surface area contributed by atoms with Crippen LogP contribution in [0, 0.1) is 0 Å². The summed E-state index contributed by atoms with van der Waals surface area (Å²) in [6, 6.07) is 5.53. The monoisotopic (exact) mass is 247 g/mol. The van der Waals surface area contributed by atoms with Crippen LogP contribution in [-0.4, -0.2) is 35.1 Å². The molecular weight excluding hydrogens is 222 g/mol. The number of hydrogen-bond acceptors (Lipinski definition) is 3. The van der Waals surface area contributed by atoms with Gasteiger partial charge in [-0.3, -0.25) is 9.88 Å². The van der Waals surface area contributed by atoms with Crippen LogP contribution in [0.5, 0.6) is 0 Å². The summed E-state index contributed by atoms with van der Waals surface area (Å²) < 4.78 is 0. The molecule has 18 heavy (non-hydrogen) atoms. The van der Waals surface area contributed by atoms with Gasteiger partial charge in [-0.1, -0.05) is 26.3 Å². The second-order valence-electron chi connectivity index (χ2n) is 5.25. The minimum Gasteiger partial charge on any atom is -0.311 e. The Kier molecular flexibility index (Phi) is 5.14. The summed E-state index contributed by atoms with van der Waals surface area (Å²) in [6.45, 7) is 7.87. The van der Waals surface area contributed by atoms with E-state index in [0.29, 0.717) is 12.1 Å². The van der Waals surface area contributed by atoms with Crippen LogP contribution in [0.1, 0.15) is 38.7 Å². The third-order valence-corrected chi connectivity index (χ3v) is 3.83. The molecule has 1 saturated heterocycles. The van der Waals surface area contributed by atoms with E-state index < -0.39 is 0 Å². The molecule has 3 heteroatoms. The minimum atomic E-state index is 0.662. The van der Waals surface area contributed by atoms with E-state index in [2.05, 4.69) is 35.1 Å². The molecule has 2 rings (SSSR count). The largest absolute Gasteiger partial charge is 0.311 e. The molecule has 1 aromatic heterocycles. The highest BCUT2D eigenvalue weighted by molar-refractivity contribution is 5.09. The molecule has 0 bridgehead atoms. The number of nitrogens with one attached hydrogen (secondary N) is 1. The van der Waals surface area contributed by atoms with Crippen LogP contribution >= 0.6 is 0 Å². The Morgan fingerprint density at radius 3 is 3.00 bits per heavy atom. The summed E-state index contributed by atoms with van der Waals surface area (Å²) in [7, 11) is 0. The van der Waals surface area contributed by atoms with Crippen molar-refractivity contribution >= 4 is 0 Å². The summed E-state index contributed by atoms with van der Waals surface area (Å²) in [6.07, 6.45) is 7.59. The van der Waals surface area contributed by atoms with E-state index in [1.54, 1.807) is 0 Å². The van der Waals surface area contributed by atoms with Crippen molar-refractivity contribution in [2.24, 2.45) is 0 Å². The van der Waals surface area contributed by atoms with E-state index in [9.17, 15) is 0 Å². The zero-order valence-corrected chi connectivity index (χ0v) is 11.6. The van der Waals surface area contributed by atoms with E-state index in [1.807, 2.05) is 18.5 Å². The second-order valence-corrected chi connectivity index (χ2v) is 5.25. The maximum Gasteiger partial charge on any atom is 0.0312 e. The fraction of sp³-hybridized carbons (Fsp3) is 0.667. The molecule has 3 nitrogen and oxygen atoms in total. The van der Waals surface area contributed by atoms with Crippen molar-refractivity contribution < 1.29 is 0 Å². The zero-order valence-electron chi connectivity index (χ0n) is 11.6. The van der Waals surface area contributed by atoms with Gasteiger partial charge in [-0.2, -0.15) is 0 Å². The SMILES string of the molecule is CCCC1CN(Cc2cccnc2)C(CC)CN1. The van der Waals surface area contributed by atoms with Crippen molar-refractivity contribution in [3.05, 3.63) is 30.1 Å². The first-order chi connectivity index (χ1) is 8.83. The molecule has 1 N–H and O–H groups in total. The molecule has 0 amide bonds. The van der Waals surface area contributed by atoms with Gasteiger partial charge in [0.15, 0.2) is 0 Å². The van der Waals surface area contributed by atoms with E-state index in [0.717, 1.165) is 13.1 Å². The lowest BCUT2D eigenvalue weighted by atomic mass is 10.0. The topological polar surface area (TPSA) is 28.2 Å². The van der Waals surface area contributed by atoms with Gasteiger partial charge in [0.05, 0.1) is 0 Å². The first-order valence-electron chi connectivity index (χ1n) is 7.19. The average molecular weight is 247 g/mol. The highest BCUT2D eigenvalue weighted by atomic mass is 15.2. The van der Waals surface area contributed by atoms with Crippen LogP contribution in [-0.2, 0) is 6.54 Å². The normalized spacial score (nSPS) is 25.2. The van der Waals surface area contributed by atoms with Crippen LogP contribution in [0.2, 0.25) is 0 Å². The summed E-state index contributed by atoms with van der Waals surface area (Å²) in [4.78, 5) is 6.83. The van der Waals surface area contributed by atoms with Gasteiger partial charge in [-0.05, 0) is 24.5 Å². The molecule has 1 aliphatic heterocycles. The quantitative estimate of drug-likeness (QED) is 0.866. The van der Waals surface area contributed by atoms with Gasteiger partial charge in [-0.25, -0.2) is 0 Å². The van der Waals surface area contributed by atoms with Gasteiger partial charge < -0.3 is 5.32 Å². The Morgan fingerprint density at radius 2 is 2.33 bits per heavy atom. The average Bonchev–Trinajstić information content (AvgIpc) is 2.41. The summed E-state index contributed by atoms with van der Waals surface area (Å²) in [5.74, 6) is 0. The van der Waals surface area contributed by atoms with Crippen LogP contribution in [0.4, 0.5) is 0 Å². The van der Waals surface area contributed by atoms with Crippen LogP contribution in [0.15, 0.2) is 24.5 Å². The zero-order chi connectivity index (χ0) is 12.8. The molecule has 1 aliphatic rings. The third kappa shape index (κ3) is 3.53. The first kappa shape index (κ1) is 13.5. The smallest absolute Gasteiger partial charge is 0.0312 e. The Bertz CT molecular complexity index is 339. The number of rotatable bonds is 5. The van der Waals surface area contributed by atoms with Gasteiger partial charge in [0, 0.05) is 44.1 Å². The molecule has 1 fully saturated rings. The second kappa shape index (κ2) is 6.86. The first-order valence-corrected chi connectivity index (χ1v) is 7.19. The van der Waals surface area contributed by atoms with E-state index >= 15 is 0 Å². The Labute approximate surface area is 111 Å². The Morgan fingerprint density at radius 1 is 1.44 bits per heavy atom. The maximum absolute atomic E-state index is 4.21. The molecule has 0 saturated carbocycles. The Hall–Kier alpha value is -0.930. The highest BCUT2D eigenvalue weighted by Crippen LogP contribution is 2.16. The van der Waals surface area contributed by atoms with Crippen molar-refractivity contribution in [2.45, 2.75) is 51.7 Å². The lowest BCUT2D eigenvalue weighted by Gasteiger charge is -2.40. The molecule has 0 radical (unpaired) electrons. The fourth-order valence-corrected chi connectivity index (χ4v) is 2.79. The van der Waals surface area contributed by atoms with Gasteiger partial charge in [-0.15, -0.1) is 0 Å². The molecule has 1 aromatic rings. The lowest BCUT2D eigenvalue weighted by Crippen LogP contribution is -2.55. The van der Waals surface area contributed by atoms with Gasteiger partial charge in [0.25, 0.3) is 0 Å². The summed E-state index contributed by atoms with van der Waals surface area (Å²) in [5.41, 5.74) is 1.33.